The number of benzene rings is 1. The van der Waals surface area contributed by atoms with Gasteiger partial charge in [-0.05, 0) is 24.6 Å². The Hall–Kier alpha value is -1.46. The van der Waals surface area contributed by atoms with Crippen LogP contribution in [0, 0.1) is 6.92 Å². The van der Waals surface area contributed by atoms with Crippen LogP contribution in [0.4, 0.5) is 5.69 Å². The second-order valence-electron chi connectivity index (χ2n) is 4.69. The minimum absolute atomic E-state index is 0.518. The lowest BCUT2D eigenvalue weighted by molar-refractivity contribution is 0.145. The number of hydrogen-bond acceptors (Lipinski definition) is 5. The maximum absolute atomic E-state index is 10.1. The third kappa shape index (κ3) is 2.00. The number of ether oxygens (including phenoxy) is 2. The van der Waals surface area contributed by atoms with Gasteiger partial charge in [0, 0.05) is 19.6 Å². The van der Waals surface area contributed by atoms with Gasteiger partial charge in [-0.15, -0.1) is 0 Å². The van der Waals surface area contributed by atoms with E-state index in [0.29, 0.717) is 19.8 Å². The first-order chi connectivity index (χ1) is 8.75. The van der Waals surface area contributed by atoms with Crippen molar-refractivity contribution in [3.63, 3.8) is 0 Å². The largest absolute Gasteiger partial charge is 0.486 e. The van der Waals surface area contributed by atoms with Gasteiger partial charge in [-0.2, -0.15) is 0 Å². The lowest BCUT2D eigenvalue weighted by Crippen LogP contribution is -2.51. The molecule has 2 aliphatic heterocycles. The summed E-state index contributed by atoms with van der Waals surface area (Å²) in [5.74, 6) is 1.54. The fourth-order valence-electron chi connectivity index (χ4n) is 2.45. The van der Waals surface area contributed by atoms with Gasteiger partial charge in [0.25, 0.3) is 0 Å². The van der Waals surface area contributed by atoms with Crippen molar-refractivity contribution in [1.29, 1.82) is 0 Å². The summed E-state index contributed by atoms with van der Waals surface area (Å²) in [5.41, 5.74) is 2.04. The standard InChI is InChI=1S/C13H18N2O3/c1-9-6-10(15-3-2-14-8-12(15)16)13-11(7-9)17-4-5-18-13/h6-7,12,14,16H,2-5,8H2,1H3. The van der Waals surface area contributed by atoms with E-state index in [1.807, 2.05) is 24.0 Å². The second-order valence-corrected chi connectivity index (χ2v) is 4.69. The molecule has 0 radical (unpaired) electrons. The lowest BCUT2D eigenvalue weighted by atomic mass is 10.1. The van der Waals surface area contributed by atoms with Gasteiger partial charge < -0.3 is 24.8 Å². The summed E-state index contributed by atoms with van der Waals surface area (Å²) in [4.78, 5) is 1.97. The Morgan fingerprint density at radius 2 is 2.17 bits per heavy atom. The molecule has 2 N–H and O–H groups in total. The van der Waals surface area contributed by atoms with Crippen molar-refractivity contribution >= 4 is 5.69 Å². The van der Waals surface area contributed by atoms with Crippen LogP contribution in [0.15, 0.2) is 12.1 Å². The average Bonchev–Trinajstić information content (AvgIpc) is 2.38. The van der Waals surface area contributed by atoms with E-state index in [1.165, 1.54) is 0 Å². The van der Waals surface area contributed by atoms with Gasteiger partial charge in [0.1, 0.15) is 19.4 Å². The Morgan fingerprint density at radius 3 is 3.00 bits per heavy atom. The van der Waals surface area contributed by atoms with E-state index in [1.54, 1.807) is 0 Å². The van der Waals surface area contributed by atoms with Gasteiger partial charge in [0.15, 0.2) is 11.5 Å². The minimum atomic E-state index is -0.518. The first-order valence-electron chi connectivity index (χ1n) is 6.31. The summed E-state index contributed by atoms with van der Waals surface area (Å²) < 4.78 is 11.3. The molecule has 3 rings (SSSR count). The number of nitrogens with zero attached hydrogens (tertiary/aromatic N) is 1. The number of aliphatic hydroxyl groups is 1. The number of nitrogens with one attached hydrogen (secondary N) is 1. The third-order valence-corrected chi connectivity index (χ3v) is 3.29. The van der Waals surface area contributed by atoms with Crippen molar-refractivity contribution in [3.05, 3.63) is 17.7 Å². The summed E-state index contributed by atoms with van der Waals surface area (Å²) in [6, 6.07) is 4.02. The first kappa shape index (κ1) is 11.6. The first-order valence-corrected chi connectivity index (χ1v) is 6.31. The molecule has 1 aromatic carbocycles. The molecule has 0 amide bonds. The number of piperazine rings is 1. The summed E-state index contributed by atoms with van der Waals surface area (Å²) in [6.07, 6.45) is -0.518. The molecule has 98 valence electrons. The molecular weight excluding hydrogens is 232 g/mol. The summed E-state index contributed by atoms with van der Waals surface area (Å²) in [6.45, 7) is 5.37. The molecule has 1 fully saturated rings. The van der Waals surface area contributed by atoms with Gasteiger partial charge in [-0.3, -0.25) is 0 Å². The number of fused-ring (bicyclic) bond motifs is 1. The molecule has 1 atom stereocenters. The molecule has 1 aromatic rings. The van der Waals surface area contributed by atoms with Crippen LogP contribution >= 0.6 is 0 Å². The van der Waals surface area contributed by atoms with Crippen molar-refractivity contribution in [2.45, 2.75) is 13.2 Å². The fourth-order valence-corrected chi connectivity index (χ4v) is 2.45. The fraction of sp³-hybridized carbons (Fsp3) is 0.538. The van der Waals surface area contributed by atoms with Crippen molar-refractivity contribution in [1.82, 2.24) is 5.32 Å². The molecule has 18 heavy (non-hydrogen) atoms. The van der Waals surface area contributed by atoms with Gasteiger partial charge in [0.2, 0.25) is 0 Å². The Labute approximate surface area is 106 Å². The van der Waals surface area contributed by atoms with E-state index < -0.39 is 6.23 Å². The zero-order chi connectivity index (χ0) is 12.5. The van der Waals surface area contributed by atoms with Crippen molar-refractivity contribution in [3.8, 4) is 11.5 Å². The number of aryl methyl sites for hydroxylation is 1. The quantitative estimate of drug-likeness (QED) is 0.760. The molecule has 2 aliphatic rings. The number of anilines is 1. The smallest absolute Gasteiger partial charge is 0.184 e. The monoisotopic (exact) mass is 250 g/mol. The molecule has 0 bridgehead atoms. The Balaban J connectivity index is 2.01. The lowest BCUT2D eigenvalue weighted by Gasteiger charge is -2.36. The van der Waals surface area contributed by atoms with Crippen LogP contribution in [-0.2, 0) is 0 Å². The Kier molecular flexibility index (Phi) is 3.01. The minimum Gasteiger partial charge on any atom is -0.486 e. The van der Waals surface area contributed by atoms with Crippen LogP contribution < -0.4 is 19.7 Å². The van der Waals surface area contributed by atoms with Crippen LogP contribution in [0.1, 0.15) is 5.56 Å². The predicted octanol–water partition coefficient (Wildman–Crippen LogP) is 0.494. The van der Waals surface area contributed by atoms with Gasteiger partial charge >= 0.3 is 0 Å². The summed E-state index contributed by atoms with van der Waals surface area (Å²) >= 11 is 0. The second kappa shape index (κ2) is 4.66. The summed E-state index contributed by atoms with van der Waals surface area (Å²) in [5, 5.41) is 13.2. The highest BCUT2D eigenvalue weighted by Crippen LogP contribution is 2.41. The van der Waals surface area contributed by atoms with Gasteiger partial charge in [-0.25, -0.2) is 0 Å². The van der Waals surface area contributed by atoms with E-state index in [4.69, 9.17) is 9.47 Å². The zero-order valence-corrected chi connectivity index (χ0v) is 10.5. The topological polar surface area (TPSA) is 54.0 Å². The molecule has 2 heterocycles. The molecule has 1 unspecified atom stereocenters. The predicted molar refractivity (Wildman–Crippen MR) is 68.4 cm³/mol. The van der Waals surface area contributed by atoms with Crippen molar-refractivity contribution in [2.75, 3.05) is 37.7 Å². The molecule has 0 aliphatic carbocycles. The molecule has 5 nitrogen and oxygen atoms in total. The molecular formula is C13H18N2O3. The van der Waals surface area contributed by atoms with Crippen molar-refractivity contribution in [2.24, 2.45) is 0 Å². The van der Waals surface area contributed by atoms with Crippen LogP contribution in [-0.4, -0.2) is 44.2 Å². The maximum Gasteiger partial charge on any atom is 0.184 e. The number of aliphatic hydroxyl groups excluding tert-OH is 1. The van der Waals surface area contributed by atoms with Crippen LogP contribution in [0.2, 0.25) is 0 Å². The summed E-state index contributed by atoms with van der Waals surface area (Å²) in [7, 11) is 0. The number of hydrogen-bond donors (Lipinski definition) is 2. The van der Waals surface area contributed by atoms with Crippen molar-refractivity contribution < 1.29 is 14.6 Å². The Bertz CT molecular complexity index is 450. The van der Waals surface area contributed by atoms with E-state index in [-0.39, 0.29) is 0 Å². The SMILES string of the molecule is Cc1cc2c(c(N3CCNCC3O)c1)OCCO2. The normalized spacial score (nSPS) is 23.0. The third-order valence-electron chi connectivity index (χ3n) is 3.29. The van der Waals surface area contributed by atoms with E-state index in [2.05, 4.69) is 5.32 Å². The molecule has 0 spiro atoms. The number of rotatable bonds is 1. The van der Waals surface area contributed by atoms with E-state index in [0.717, 1.165) is 35.8 Å². The molecule has 0 saturated carbocycles. The van der Waals surface area contributed by atoms with Crippen LogP contribution in [0.25, 0.3) is 0 Å². The maximum atomic E-state index is 10.1. The highest BCUT2D eigenvalue weighted by atomic mass is 16.6. The Morgan fingerprint density at radius 1 is 1.33 bits per heavy atom. The van der Waals surface area contributed by atoms with Crippen LogP contribution in [0.5, 0.6) is 11.5 Å². The van der Waals surface area contributed by atoms with E-state index in [9.17, 15) is 5.11 Å². The molecule has 5 heteroatoms. The highest BCUT2D eigenvalue weighted by Gasteiger charge is 2.26. The molecule has 0 aromatic heterocycles. The van der Waals surface area contributed by atoms with Gasteiger partial charge in [0.05, 0.1) is 5.69 Å². The number of β-amino-alcohol motifs (C(OH)–C–C–N with tert-alkyl or cyclic N) is 1. The average molecular weight is 250 g/mol. The van der Waals surface area contributed by atoms with Gasteiger partial charge in [-0.1, -0.05) is 0 Å². The zero-order valence-electron chi connectivity index (χ0n) is 10.5. The van der Waals surface area contributed by atoms with Crippen LogP contribution in [0.3, 0.4) is 0 Å². The highest BCUT2D eigenvalue weighted by molar-refractivity contribution is 5.67. The molecule has 1 saturated heterocycles. The van der Waals surface area contributed by atoms with E-state index >= 15 is 0 Å².